The third-order valence-electron chi connectivity index (χ3n) is 3.33. The maximum Gasteiger partial charge on any atom is 0.141 e. The van der Waals surface area contributed by atoms with E-state index in [-0.39, 0.29) is 0 Å². The zero-order valence-corrected chi connectivity index (χ0v) is 10.8. The monoisotopic (exact) mass is 261 g/mol. The maximum absolute atomic E-state index is 4.39. The van der Waals surface area contributed by atoms with Crippen LogP contribution in [0.2, 0.25) is 0 Å². The molecule has 0 aliphatic rings. The summed E-state index contributed by atoms with van der Waals surface area (Å²) in [6.45, 7) is 1.88. The summed E-state index contributed by atoms with van der Waals surface area (Å²) in [5.41, 5.74) is 4.78. The summed E-state index contributed by atoms with van der Waals surface area (Å²) in [4.78, 5) is 20.5. The molecule has 4 rings (SSSR count). The largest absolute Gasteiger partial charge is 0.345 e. The first-order valence-corrected chi connectivity index (χ1v) is 6.33. The van der Waals surface area contributed by atoms with Crippen LogP contribution in [0.15, 0.2) is 43.0 Å². The molecule has 0 fully saturated rings. The Kier molecular flexibility index (Phi) is 2.26. The Morgan fingerprint density at radius 3 is 2.75 bits per heavy atom. The first kappa shape index (κ1) is 11.0. The SMILES string of the molecule is Cc1ncc2c(-c3ccc4nccnc4c3)c[nH]c2n1. The molecule has 3 heterocycles. The Bertz CT molecular complexity index is 926. The minimum Gasteiger partial charge on any atom is -0.345 e. The molecule has 3 aromatic heterocycles. The Balaban J connectivity index is 1.96. The van der Waals surface area contributed by atoms with Crippen molar-refractivity contribution in [2.24, 2.45) is 0 Å². The number of hydrogen-bond donors (Lipinski definition) is 1. The number of fused-ring (bicyclic) bond motifs is 2. The Labute approximate surface area is 114 Å². The van der Waals surface area contributed by atoms with E-state index >= 15 is 0 Å². The molecular formula is C15H11N5. The summed E-state index contributed by atoms with van der Waals surface area (Å²) in [7, 11) is 0. The van der Waals surface area contributed by atoms with E-state index < -0.39 is 0 Å². The van der Waals surface area contributed by atoms with E-state index in [4.69, 9.17) is 0 Å². The van der Waals surface area contributed by atoms with Gasteiger partial charge in [0.1, 0.15) is 11.5 Å². The summed E-state index contributed by atoms with van der Waals surface area (Å²) in [6.07, 6.45) is 7.21. The molecule has 0 radical (unpaired) electrons. The van der Waals surface area contributed by atoms with Gasteiger partial charge in [-0.25, -0.2) is 9.97 Å². The van der Waals surface area contributed by atoms with Crippen LogP contribution in [0.5, 0.6) is 0 Å². The molecule has 0 unspecified atom stereocenters. The number of H-pyrrole nitrogens is 1. The highest BCUT2D eigenvalue weighted by Gasteiger charge is 2.08. The van der Waals surface area contributed by atoms with Crippen molar-refractivity contribution in [1.82, 2.24) is 24.9 Å². The number of nitrogens with one attached hydrogen (secondary N) is 1. The van der Waals surface area contributed by atoms with Gasteiger partial charge in [0.15, 0.2) is 0 Å². The van der Waals surface area contributed by atoms with Crippen LogP contribution < -0.4 is 0 Å². The standard InChI is InChI=1S/C15H11N5/c1-9-18-8-12-11(7-19-15(12)20-9)10-2-3-13-14(6-10)17-5-4-16-13/h2-8H,1H3,(H,18,19,20). The summed E-state index contributed by atoms with van der Waals surface area (Å²) < 4.78 is 0. The van der Waals surface area contributed by atoms with Gasteiger partial charge in [-0.1, -0.05) is 6.07 Å². The highest BCUT2D eigenvalue weighted by molar-refractivity contribution is 5.95. The molecule has 0 saturated heterocycles. The first-order chi connectivity index (χ1) is 9.81. The van der Waals surface area contributed by atoms with Gasteiger partial charge in [-0.2, -0.15) is 0 Å². The van der Waals surface area contributed by atoms with Gasteiger partial charge in [0.25, 0.3) is 0 Å². The van der Waals surface area contributed by atoms with Crippen LogP contribution in [0, 0.1) is 6.92 Å². The predicted octanol–water partition coefficient (Wildman–Crippen LogP) is 2.88. The lowest BCUT2D eigenvalue weighted by atomic mass is 10.1. The number of nitrogens with zero attached hydrogens (tertiary/aromatic N) is 4. The Hall–Kier alpha value is -2.82. The van der Waals surface area contributed by atoms with E-state index in [0.717, 1.165) is 39.0 Å². The minimum atomic E-state index is 0.760. The number of hydrogen-bond acceptors (Lipinski definition) is 4. The molecule has 96 valence electrons. The summed E-state index contributed by atoms with van der Waals surface area (Å²) in [5, 5.41) is 1.01. The lowest BCUT2D eigenvalue weighted by Gasteiger charge is -2.01. The topological polar surface area (TPSA) is 67.3 Å². The van der Waals surface area contributed by atoms with Gasteiger partial charge in [0, 0.05) is 35.7 Å². The van der Waals surface area contributed by atoms with E-state index in [1.54, 1.807) is 12.4 Å². The number of aryl methyl sites for hydroxylation is 1. The molecule has 1 aromatic carbocycles. The van der Waals surface area contributed by atoms with Crippen LogP contribution in [-0.4, -0.2) is 24.9 Å². The second-order valence-electron chi connectivity index (χ2n) is 4.64. The molecule has 0 spiro atoms. The molecule has 4 aromatic rings. The van der Waals surface area contributed by atoms with Crippen molar-refractivity contribution in [2.45, 2.75) is 6.92 Å². The molecule has 20 heavy (non-hydrogen) atoms. The van der Waals surface area contributed by atoms with Gasteiger partial charge in [-0.3, -0.25) is 9.97 Å². The first-order valence-electron chi connectivity index (χ1n) is 6.33. The summed E-state index contributed by atoms with van der Waals surface area (Å²) in [6, 6.07) is 6.05. The molecule has 1 N–H and O–H groups in total. The second-order valence-corrected chi connectivity index (χ2v) is 4.64. The van der Waals surface area contributed by atoms with Crippen molar-refractivity contribution in [3.63, 3.8) is 0 Å². The molecule has 5 nitrogen and oxygen atoms in total. The van der Waals surface area contributed by atoms with Crippen molar-refractivity contribution in [3.8, 4) is 11.1 Å². The molecule has 0 amide bonds. The van der Waals surface area contributed by atoms with Gasteiger partial charge < -0.3 is 4.98 Å². The number of rotatable bonds is 1. The average Bonchev–Trinajstić information content (AvgIpc) is 2.89. The zero-order valence-electron chi connectivity index (χ0n) is 10.8. The fourth-order valence-corrected chi connectivity index (χ4v) is 2.37. The molecule has 0 aliphatic carbocycles. The minimum absolute atomic E-state index is 0.760. The van der Waals surface area contributed by atoms with Crippen LogP contribution in [0.25, 0.3) is 33.2 Å². The van der Waals surface area contributed by atoms with Crippen LogP contribution >= 0.6 is 0 Å². The molecule has 5 heteroatoms. The highest BCUT2D eigenvalue weighted by atomic mass is 14.9. The van der Waals surface area contributed by atoms with E-state index in [9.17, 15) is 0 Å². The fourth-order valence-electron chi connectivity index (χ4n) is 2.37. The van der Waals surface area contributed by atoms with Gasteiger partial charge in [-0.15, -0.1) is 0 Å². The molecule has 0 aliphatic heterocycles. The van der Waals surface area contributed by atoms with Crippen molar-refractivity contribution >= 4 is 22.1 Å². The molecule has 0 atom stereocenters. The number of aromatic amines is 1. The van der Waals surface area contributed by atoms with Gasteiger partial charge >= 0.3 is 0 Å². The van der Waals surface area contributed by atoms with Crippen LogP contribution in [0.4, 0.5) is 0 Å². The fraction of sp³-hybridized carbons (Fsp3) is 0.0667. The van der Waals surface area contributed by atoms with E-state index in [1.165, 1.54) is 0 Å². The molecule has 0 bridgehead atoms. The second kappa shape index (κ2) is 4.09. The van der Waals surface area contributed by atoms with Crippen molar-refractivity contribution < 1.29 is 0 Å². The summed E-state index contributed by atoms with van der Waals surface area (Å²) in [5.74, 6) is 0.760. The van der Waals surface area contributed by atoms with Gasteiger partial charge in [-0.05, 0) is 24.6 Å². The third-order valence-corrected chi connectivity index (χ3v) is 3.33. The Morgan fingerprint density at radius 1 is 1.00 bits per heavy atom. The predicted molar refractivity (Wildman–Crippen MR) is 77.2 cm³/mol. The lowest BCUT2D eigenvalue weighted by molar-refractivity contribution is 1.08. The highest BCUT2D eigenvalue weighted by Crippen LogP contribution is 2.28. The van der Waals surface area contributed by atoms with E-state index in [0.29, 0.717) is 0 Å². The van der Waals surface area contributed by atoms with Crippen LogP contribution in [0.1, 0.15) is 5.82 Å². The normalized spacial score (nSPS) is 11.2. The van der Waals surface area contributed by atoms with Crippen LogP contribution in [0.3, 0.4) is 0 Å². The van der Waals surface area contributed by atoms with E-state index in [1.807, 2.05) is 37.5 Å². The van der Waals surface area contributed by atoms with Gasteiger partial charge in [0.05, 0.1) is 11.0 Å². The number of aromatic nitrogens is 5. The van der Waals surface area contributed by atoms with Crippen LogP contribution in [-0.2, 0) is 0 Å². The number of benzene rings is 1. The quantitative estimate of drug-likeness (QED) is 0.572. The average molecular weight is 261 g/mol. The summed E-state index contributed by atoms with van der Waals surface area (Å²) >= 11 is 0. The maximum atomic E-state index is 4.39. The third kappa shape index (κ3) is 1.64. The smallest absolute Gasteiger partial charge is 0.141 e. The molecule has 0 saturated carbocycles. The Morgan fingerprint density at radius 2 is 1.85 bits per heavy atom. The van der Waals surface area contributed by atoms with E-state index in [2.05, 4.69) is 24.9 Å². The zero-order chi connectivity index (χ0) is 13.5. The lowest BCUT2D eigenvalue weighted by Crippen LogP contribution is -1.87. The van der Waals surface area contributed by atoms with Crippen molar-refractivity contribution in [2.75, 3.05) is 0 Å². The van der Waals surface area contributed by atoms with Gasteiger partial charge in [0.2, 0.25) is 0 Å². The molecular weight excluding hydrogens is 250 g/mol. The van der Waals surface area contributed by atoms with Crippen molar-refractivity contribution in [1.29, 1.82) is 0 Å². The van der Waals surface area contributed by atoms with Crippen molar-refractivity contribution in [3.05, 3.63) is 48.8 Å².